The lowest BCUT2D eigenvalue weighted by molar-refractivity contribution is -0.242. The van der Waals surface area contributed by atoms with Crippen LogP contribution in [0, 0.1) is 40.4 Å². The predicted molar refractivity (Wildman–Crippen MR) is 135 cm³/mol. The van der Waals surface area contributed by atoms with Crippen LogP contribution in [0.1, 0.15) is 51.6 Å². The second-order valence-corrected chi connectivity index (χ2v) is 13.2. The highest BCUT2D eigenvalue weighted by Crippen LogP contribution is 2.79. The molecule has 4 aliphatic carbocycles. The lowest BCUT2D eigenvalue weighted by atomic mass is 9.38. The van der Waals surface area contributed by atoms with Crippen LogP contribution in [-0.2, 0) is 16.1 Å². The summed E-state index contributed by atoms with van der Waals surface area (Å²) in [4.78, 5) is 28.0. The van der Waals surface area contributed by atoms with Gasteiger partial charge >= 0.3 is 0 Å². The fourth-order valence-corrected chi connectivity index (χ4v) is 9.91. The summed E-state index contributed by atoms with van der Waals surface area (Å²) in [5, 5.41) is 21.9. The van der Waals surface area contributed by atoms with E-state index >= 15 is 8.78 Å². The average Bonchev–Trinajstić information content (AvgIpc) is 3.48. The van der Waals surface area contributed by atoms with Crippen molar-refractivity contribution >= 4 is 11.6 Å². The van der Waals surface area contributed by atoms with Crippen LogP contribution < -0.4 is 0 Å². The summed E-state index contributed by atoms with van der Waals surface area (Å²) in [6, 6.07) is 3.81. The third-order valence-electron chi connectivity index (χ3n) is 11.8. The number of likely N-dealkylation sites (tertiary alicyclic amines) is 1. The second kappa shape index (κ2) is 7.95. The maximum absolute atomic E-state index is 17.7. The molecule has 1 aliphatic heterocycles. The van der Waals surface area contributed by atoms with Gasteiger partial charge in [-0.2, -0.15) is 0 Å². The molecule has 3 saturated carbocycles. The quantitative estimate of drug-likeness (QED) is 0.615. The number of furan rings is 1. The Labute approximate surface area is 221 Å². The number of fused-ring (bicyclic) bond motifs is 7. The second-order valence-electron chi connectivity index (χ2n) is 13.2. The number of ketones is 2. The van der Waals surface area contributed by atoms with E-state index in [9.17, 15) is 19.8 Å². The molecule has 0 radical (unpaired) electrons. The third-order valence-corrected chi connectivity index (χ3v) is 11.8. The number of aliphatic hydroxyl groups excluding tert-OH is 2. The summed E-state index contributed by atoms with van der Waals surface area (Å²) in [7, 11) is 0. The lowest BCUT2D eigenvalue weighted by Crippen LogP contribution is -2.72. The van der Waals surface area contributed by atoms with Gasteiger partial charge in [0.15, 0.2) is 17.2 Å². The summed E-state index contributed by atoms with van der Waals surface area (Å²) < 4.78 is 39.3. The first-order chi connectivity index (χ1) is 17.8. The van der Waals surface area contributed by atoms with Gasteiger partial charge in [-0.25, -0.2) is 8.78 Å². The highest BCUT2D eigenvalue weighted by atomic mass is 19.1. The molecule has 1 aromatic heterocycles. The van der Waals surface area contributed by atoms with Crippen LogP contribution in [0.4, 0.5) is 8.78 Å². The number of rotatable bonds is 4. The SMILES string of the molecule is Cc1ccc(CN2CC3CC4(C)C5CC(F)C6=CC(=O)C=CC6(C)C5(F)C(O)CC4(C)C3(C(=O)CO)C2)o1. The normalized spacial score (nSPS) is 47.8. The van der Waals surface area contributed by atoms with Crippen LogP contribution in [0.5, 0.6) is 0 Å². The van der Waals surface area contributed by atoms with Gasteiger partial charge in [0.05, 0.1) is 18.1 Å². The first-order valence-electron chi connectivity index (χ1n) is 13.6. The molecule has 0 spiro atoms. The first kappa shape index (κ1) is 26.1. The van der Waals surface area contributed by atoms with Crippen molar-refractivity contribution in [3.8, 4) is 0 Å². The number of Topliss-reactive ketones (excluding diaryl/α,β-unsaturated/α-hetero) is 1. The number of carbonyl (C=O) groups is 2. The van der Waals surface area contributed by atoms with E-state index < -0.39 is 52.1 Å². The van der Waals surface area contributed by atoms with Gasteiger partial charge < -0.3 is 14.6 Å². The molecule has 1 saturated heterocycles. The predicted octanol–water partition coefficient (Wildman–Crippen LogP) is 3.89. The average molecular weight is 530 g/mol. The zero-order chi connectivity index (χ0) is 27.5. The molecule has 2 heterocycles. The van der Waals surface area contributed by atoms with E-state index in [1.165, 1.54) is 18.2 Å². The van der Waals surface area contributed by atoms with Crippen molar-refractivity contribution in [1.29, 1.82) is 0 Å². The van der Waals surface area contributed by atoms with Crippen molar-refractivity contribution in [1.82, 2.24) is 4.90 Å². The summed E-state index contributed by atoms with van der Waals surface area (Å²) in [6.45, 7) is 8.17. The Morgan fingerprint density at radius 1 is 1.24 bits per heavy atom. The van der Waals surface area contributed by atoms with E-state index in [0.717, 1.165) is 11.5 Å². The van der Waals surface area contributed by atoms with Gasteiger partial charge in [0.2, 0.25) is 0 Å². The minimum Gasteiger partial charge on any atom is -0.465 e. The Bertz CT molecular complexity index is 1270. The molecule has 0 amide bonds. The van der Waals surface area contributed by atoms with Gasteiger partial charge in [0.25, 0.3) is 0 Å². The smallest absolute Gasteiger partial charge is 0.178 e. The minimum atomic E-state index is -2.21. The molecule has 8 heteroatoms. The highest BCUT2D eigenvalue weighted by Gasteiger charge is 2.81. The van der Waals surface area contributed by atoms with Crippen molar-refractivity contribution in [2.24, 2.45) is 33.5 Å². The van der Waals surface area contributed by atoms with E-state index in [0.29, 0.717) is 26.1 Å². The molecule has 206 valence electrons. The van der Waals surface area contributed by atoms with Crippen molar-refractivity contribution in [2.75, 3.05) is 19.7 Å². The summed E-state index contributed by atoms with van der Waals surface area (Å²) in [5.41, 5.74) is -6.31. The van der Waals surface area contributed by atoms with Gasteiger partial charge in [0.1, 0.15) is 24.3 Å². The molecule has 2 N–H and O–H groups in total. The van der Waals surface area contributed by atoms with Crippen LogP contribution in [0.15, 0.2) is 40.4 Å². The molecule has 0 aromatic carbocycles. The van der Waals surface area contributed by atoms with E-state index in [1.54, 1.807) is 6.92 Å². The number of halogens is 2. The summed E-state index contributed by atoms with van der Waals surface area (Å²) in [6.07, 6.45) is 1.23. The molecule has 1 aromatic rings. The van der Waals surface area contributed by atoms with Gasteiger partial charge in [0, 0.05) is 24.4 Å². The van der Waals surface area contributed by atoms with Gasteiger partial charge in [-0.3, -0.25) is 14.5 Å². The van der Waals surface area contributed by atoms with Crippen molar-refractivity contribution in [2.45, 2.75) is 71.4 Å². The Balaban J connectivity index is 1.45. The Morgan fingerprint density at radius 2 is 1.97 bits per heavy atom. The van der Waals surface area contributed by atoms with E-state index in [1.807, 2.05) is 32.9 Å². The Morgan fingerprint density at radius 3 is 2.63 bits per heavy atom. The number of aliphatic hydroxyl groups is 2. The minimum absolute atomic E-state index is 0.00799. The molecular weight excluding hydrogens is 492 g/mol. The van der Waals surface area contributed by atoms with Crippen LogP contribution >= 0.6 is 0 Å². The maximum atomic E-state index is 17.7. The fraction of sp³-hybridized carbons (Fsp3) is 0.667. The fourth-order valence-electron chi connectivity index (χ4n) is 9.91. The Hall–Kier alpha value is -2.16. The third kappa shape index (κ3) is 2.87. The number of hydrogen-bond donors (Lipinski definition) is 2. The van der Waals surface area contributed by atoms with Crippen molar-refractivity contribution in [3.05, 3.63) is 47.5 Å². The largest absolute Gasteiger partial charge is 0.465 e. The standard InChI is InChI=1S/C30H37F2NO5/c1-17-5-6-20(38-17)14-33-13-18-11-27(3)23-10-22(31)21-9-19(35)7-8-26(21,2)30(23,32)24(36)12-28(27,4)29(18,16-33)25(37)15-34/h5-9,18,22-24,34,36H,10-16H2,1-4H3. The topological polar surface area (TPSA) is 91.0 Å². The number of allylic oxidation sites excluding steroid dienone is 4. The monoisotopic (exact) mass is 529 g/mol. The number of aryl methyl sites for hydroxylation is 1. The molecular formula is C30H37F2NO5. The summed E-state index contributed by atoms with van der Waals surface area (Å²) >= 11 is 0. The number of hydrogen-bond acceptors (Lipinski definition) is 6. The van der Waals surface area contributed by atoms with E-state index in [-0.39, 0.29) is 35.9 Å². The molecule has 6 nitrogen and oxygen atoms in total. The zero-order valence-corrected chi connectivity index (χ0v) is 22.5. The van der Waals surface area contributed by atoms with E-state index in [4.69, 9.17) is 4.42 Å². The molecule has 6 rings (SSSR count). The zero-order valence-electron chi connectivity index (χ0n) is 22.5. The number of nitrogens with zero attached hydrogens (tertiary/aromatic N) is 1. The maximum Gasteiger partial charge on any atom is 0.178 e. The summed E-state index contributed by atoms with van der Waals surface area (Å²) in [5.74, 6) is -0.158. The molecule has 38 heavy (non-hydrogen) atoms. The Kier molecular flexibility index (Phi) is 5.46. The molecule has 9 unspecified atom stereocenters. The van der Waals surface area contributed by atoms with Crippen LogP contribution in [0.25, 0.3) is 0 Å². The van der Waals surface area contributed by atoms with E-state index in [2.05, 4.69) is 4.90 Å². The van der Waals surface area contributed by atoms with Crippen molar-refractivity contribution in [3.63, 3.8) is 0 Å². The van der Waals surface area contributed by atoms with Gasteiger partial charge in [-0.15, -0.1) is 0 Å². The first-order valence-corrected chi connectivity index (χ1v) is 13.6. The lowest BCUT2D eigenvalue weighted by Gasteiger charge is -2.67. The van der Waals surface area contributed by atoms with Gasteiger partial charge in [-0.1, -0.05) is 19.9 Å². The molecule has 0 bridgehead atoms. The molecule has 9 atom stereocenters. The van der Waals surface area contributed by atoms with Gasteiger partial charge in [-0.05, 0) is 79.7 Å². The van der Waals surface area contributed by atoms with Crippen LogP contribution in [0.3, 0.4) is 0 Å². The van der Waals surface area contributed by atoms with Crippen LogP contribution in [0.2, 0.25) is 0 Å². The number of alkyl halides is 2. The number of carbonyl (C=O) groups excluding carboxylic acids is 2. The van der Waals surface area contributed by atoms with Crippen LogP contribution in [-0.4, -0.2) is 64.3 Å². The molecule has 4 fully saturated rings. The molecule has 5 aliphatic rings. The van der Waals surface area contributed by atoms with Crippen molar-refractivity contribution < 1.29 is 33.0 Å². The highest BCUT2D eigenvalue weighted by molar-refractivity contribution is 6.01.